The summed E-state index contributed by atoms with van der Waals surface area (Å²) in [7, 11) is -1.23. The van der Waals surface area contributed by atoms with Gasteiger partial charge in [0.15, 0.2) is 0 Å². The average Bonchev–Trinajstić information content (AvgIpc) is 2.97. The zero-order chi connectivity index (χ0) is 31.0. The molecule has 0 heterocycles. The van der Waals surface area contributed by atoms with Crippen molar-refractivity contribution >= 4 is 39.1 Å². The Morgan fingerprint density at radius 3 is 2.24 bits per heavy atom. The molecule has 0 fully saturated rings. The molecule has 0 spiro atoms. The highest BCUT2D eigenvalue weighted by Gasteiger charge is 2.33. The highest BCUT2D eigenvalue weighted by atomic mass is 35.5. The van der Waals surface area contributed by atoms with E-state index in [-0.39, 0.29) is 34.0 Å². The molecule has 0 aromatic heterocycles. The number of hydrogen-bond donors (Lipinski definition) is 1. The summed E-state index contributed by atoms with van der Waals surface area (Å²) < 4.78 is 39.5. The highest BCUT2D eigenvalue weighted by molar-refractivity contribution is 7.92. The Labute approximate surface area is 253 Å². The third-order valence-electron chi connectivity index (χ3n) is 6.65. The zero-order valence-corrected chi connectivity index (χ0v) is 26.3. The van der Waals surface area contributed by atoms with Crippen LogP contribution in [-0.4, -0.2) is 58.5 Å². The van der Waals surface area contributed by atoms with Gasteiger partial charge in [-0.1, -0.05) is 55.3 Å². The summed E-state index contributed by atoms with van der Waals surface area (Å²) in [6.07, 6.45) is 0. The van der Waals surface area contributed by atoms with E-state index in [1.54, 1.807) is 37.3 Å². The third-order valence-corrected chi connectivity index (χ3v) is 8.73. The van der Waals surface area contributed by atoms with Crippen LogP contribution in [-0.2, 0) is 26.2 Å². The molecule has 3 rings (SSSR count). The smallest absolute Gasteiger partial charge is 0.264 e. The molecule has 0 saturated carbocycles. The van der Waals surface area contributed by atoms with E-state index in [1.807, 2.05) is 26.8 Å². The van der Waals surface area contributed by atoms with E-state index in [1.165, 1.54) is 49.5 Å². The Balaban J connectivity index is 2.06. The van der Waals surface area contributed by atoms with E-state index < -0.39 is 28.5 Å². The molecule has 9 nitrogen and oxygen atoms in total. The first-order valence-electron chi connectivity index (χ1n) is 13.5. The Bertz CT molecular complexity index is 1490. The van der Waals surface area contributed by atoms with Crippen molar-refractivity contribution in [1.82, 2.24) is 10.2 Å². The molecule has 226 valence electrons. The number of halogens is 1. The van der Waals surface area contributed by atoms with Gasteiger partial charge in [0.05, 0.1) is 29.8 Å². The van der Waals surface area contributed by atoms with Crippen molar-refractivity contribution in [2.24, 2.45) is 5.92 Å². The molecule has 0 aliphatic carbocycles. The highest BCUT2D eigenvalue weighted by Crippen LogP contribution is 2.32. The van der Waals surface area contributed by atoms with Gasteiger partial charge in [0.25, 0.3) is 10.0 Å². The van der Waals surface area contributed by atoms with Crippen molar-refractivity contribution in [3.8, 4) is 11.5 Å². The predicted octanol–water partition coefficient (Wildman–Crippen LogP) is 5.05. The molecule has 0 radical (unpaired) electrons. The number of sulfonamides is 1. The molecule has 1 atom stereocenters. The summed E-state index contributed by atoms with van der Waals surface area (Å²) in [5.74, 6) is 0.231. The molecule has 1 unspecified atom stereocenters. The second kappa shape index (κ2) is 14.4. The van der Waals surface area contributed by atoms with Gasteiger partial charge in [-0.25, -0.2) is 8.42 Å². The van der Waals surface area contributed by atoms with E-state index in [0.29, 0.717) is 23.6 Å². The lowest BCUT2D eigenvalue weighted by Gasteiger charge is -2.32. The number of anilines is 1. The van der Waals surface area contributed by atoms with Crippen molar-refractivity contribution in [1.29, 1.82) is 0 Å². The van der Waals surface area contributed by atoms with Crippen molar-refractivity contribution in [3.63, 3.8) is 0 Å². The van der Waals surface area contributed by atoms with Crippen LogP contribution >= 0.6 is 11.6 Å². The quantitative estimate of drug-likeness (QED) is 0.289. The Kier molecular flexibility index (Phi) is 11.2. The Morgan fingerprint density at radius 2 is 1.64 bits per heavy atom. The average molecular weight is 616 g/mol. The van der Waals surface area contributed by atoms with Gasteiger partial charge in [-0.05, 0) is 67.8 Å². The van der Waals surface area contributed by atoms with Crippen LogP contribution < -0.4 is 19.1 Å². The monoisotopic (exact) mass is 615 g/mol. The van der Waals surface area contributed by atoms with E-state index in [0.717, 1.165) is 9.87 Å². The van der Waals surface area contributed by atoms with Crippen molar-refractivity contribution in [2.45, 2.75) is 45.2 Å². The second-order valence-corrected chi connectivity index (χ2v) is 12.6. The molecule has 0 saturated heterocycles. The van der Waals surface area contributed by atoms with Gasteiger partial charge in [0.2, 0.25) is 11.8 Å². The topological polar surface area (TPSA) is 105 Å². The number of methoxy groups -OCH3 is 2. The van der Waals surface area contributed by atoms with Crippen LogP contribution in [0.4, 0.5) is 5.69 Å². The van der Waals surface area contributed by atoms with Crippen LogP contribution in [0.25, 0.3) is 0 Å². The second-order valence-electron chi connectivity index (χ2n) is 10.3. The Morgan fingerprint density at radius 1 is 0.952 bits per heavy atom. The molecular formula is C31H38ClN3O6S. The number of amides is 2. The first-order chi connectivity index (χ1) is 19.9. The lowest BCUT2D eigenvalue weighted by Crippen LogP contribution is -2.51. The molecule has 0 bridgehead atoms. The molecule has 3 aromatic carbocycles. The molecule has 42 heavy (non-hydrogen) atoms. The molecule has 3 aromatic rings. The zero-order valence-electron chi connectivity index (χ0n) is 24.8. The van der Waals surface area contributed by atoms with Gasteiger partial charge >= 0.3 is 0 Å². The normalized spacial score (nSPS) is 12.0. The van der Waals surface area contributed by atoms with E-state index >= 15 is 0 Å². The van der Waals surface area contributed by atoms with Crippen LogP contribution in [0.1, 0.15) is 31.9 Å². The fourth-order valence-corrected chi connectivity index (χ4v) is 5.84. The van der Waals surface area contributed by atoms with Gasteiger partial charge < -0.3 is 19.7 Å². The minimum atomic E-state index is -4.22. The van der Waals surface area contributed by atoms with Crippen LogP contribution in [0.15, 0.2) is 71.6 Å². The molecule has 11 heteroatoms. The summed E-state index contributed by atoms with van der Waals surface area (Å²) in [4.78, 5) is 28.6. The third kappa shape index (κ3) is 8.17. The minimum absolute atomic E-state index is 0.00918. The number of aryl methyl sites for hydroxylation is 1. The number of benzene rings is 3. The minimum Gasteiger partial charge on any atom is -0.497 e. The standard InChI is InChI=1S/C31H38ClN3O6S/c1-21(2)18-33-31(37)23(4)34(19-24-8-7-9-26(16-24)40-5)30(36)20-35(25-12-15-29(41-6)28(32)17-25)42(38,39)27-13-10-22(3)11-14-27/h7-17,21,23H,18-20H2,1-6H3,(H,33,37). The molecule has 1 N–H and O–H groups in total. The van der Waals surface area contributed by atoms with Gasteiger partial charge in [-0.15, -0.1) is 0 Å². The van der Waals surface area contributed by atoms with Crippen LogP contribution in [0.5, 0.6) is 11.5 Å². The number of hydrogen-bond acceptors (Lipinski definition) is 6. The van der Waals surface area contributed by atoms with Crippen molar-refractivity contribution < 1.29 is 27.5 Å². The number of ether oxygens (including phenoxy) is 2. The fourth-order valence-electron chi connectivity index (χ4n) is 4.18. The first kappa shape index (κ1) is 32.8. The molecular weight excluding hydrogens is 578 g/mol. The van der Waals surface area contributed by atoms with Crippen molar-refractivity contribution in [3.05, 3.63) is 82.9 Å². The Hall–Kier alpha value is -3.76. The largest absolute Gasteiger partial charge is 0.497 e. The molecule has 2 amide bonds. The number of rotatable bonds is 13. The summed E-state index contributed by atoms with van der Waals surface area (Å²) >= 11 is 6.37. The summed E-state index contributed by atoms with van der Waals surface area (Å²) in [6, 6.07) is 17.1. The fraction of sp³-hybridized carbons (Fsp3) is 0.355. The molecule has 0 aliphatic rings. The maximum absolute atomic E-state index is 14.1. The number of nitrogens with one attached hydrogen (secondary N) is 1. The van der Waals surface area contributed by atoms with E-state index in [2.05, 4.69) is 5.32 Å². The maximum Gasteiger partial charge on any atom is 0.264 e. The first-order valence-corrected chi connectivity index (χ1v) is 15.3. The SMILES string of the molecule is COc1cccc(CN(C(=O)CN(c2ccc(OC)c(Cl)c2)S(=O)(=O)c2ccc(C)cc2)C(C)C(=O)NCC(C)C)c1. The lowest BCUT2D eigenvalue weighted by atomic mass is 10.1. The van der Waals surface area contributed by atoms with Gasteiger partial charge in [0.1, 0.15) is 24.1 Å². The van der Waals surface area contributed by atoms with Crippen LogP contribution in [0.2, 0.25) is 5.02 Å². The van der Waals surface area contributed by atoms with Crippen LogP contribution in [0, 0.1) is 12.8 Å². The predicted molar refractivity (Wildman–Crippen MR) is 165 cm³/mol. The number of carbonyl (C=O) groups is 2. The van der Waals surface area contributed by atoms with Gasteiger partial charge in [-0.3, -0.25) is 13.9 Å². The van der Waals surface area contributed by atoms with Gasteiger partial charge in [-0.2, -0.15) is 0 Å². The van der Waals surface area contributed by atoms with Crippen molar-refractivity contribution in [2.75, 3.05) is 31.6 Å². The van der Waals surface area contributed by atoms with Gasteiger partial charge in [0, 0.05) is 13.1 Å². The summed E-state index contributed by atoms with van der Waals surface area (Å²) in [5, 5.41) is 3.05. The van der Waals surface area contributed by atoms with Crippen LogP contribution in [0.3, 0.4) is 0 Å². The number of carbonyl (C=O) groups excluding carboxylic acids is 2. The van der Waals surface area contributed by atoms with E-state index in [4.69, 9.17) is 21.1 Å². The lowest BCUT2D eigenvalue weighted by molar-refractivity contribution is -0.139. The number of nitrogens with zero attached hydrogens (tertiary/aromatic N) is 2. The van der Waals surface area contributed by atoms with E-state index in [9.17, 15) is 18.0 Å². The molecule has 0 aliphatic heterocycles. The maximum atomic E-state index is 14.1. The summed E-state index contributed by atoms with van der Waals surface area (Å²) in [5.41, 5.74) is 1.77. The summed E-state index contributed by atoms with van der Waals surface area (Å²) in [6.45, 7) is 7.32.